The molecule has 0 aromatic carbocycles. The Labute approximate surface area is 272 Å². The minimum absolute atomic E-state index is 0.0665. The van der Waals surface area contributed by atoms with Crippen molar-refractivity contribution in [3.05, 3.63) is 0 Å². The van der Waals surface area contributed by atoms with Crippen LogP contribution in [0.5, 0.6) is 0 Å². The molecule has 0 aromatic rings. The summed E-state index contributed by atoms with van der Waals surface area (Å²) in [6.45, 7) is 8.88. The van der Waals surface area contributed by atoms with Crippen molar-refractivity contribution in [1.29, 1.82) is 0 Å². The first-order valence-corrected chi connectivity index (χ1v) is 18.9. The molecule has 0 bridgehead atoms. The highest BCUT2D eigenvalue weighted by Crippen LogP contribution is 2.16. The van der Waals surface area contributed by atoms with Gasteiger partial charge in [-0.1, -0.05) is 163 Å². The zero-order valence-electron chi connectivity index (χ0n) is 29.6. The number of esters is 3. The molecule has 1 unspecified atom stereocenters. The SMILES string of the molecule is CCCCCCCCCC(=O)OC[C@@H](COC(=O)CCCCCCCCCCC(C)CC)OC(=O)CCCCCCCCC. The van der Waals surface area contributed by atoms with Crippen molar-refractivity contribution < 1.29 is 28.6 Å². The van der Waals surface area contributed by atoms with Crippen LogP contribution in [0.1, 0.15) is 201 Å². The van der Waals surface area contributed by atoms with Crippen LogP contribution >= 0.6 is 0 Å². The zero-order valence-corrected chi connectivity index (χ0v) is 29.6. The highest BCUT2D eigenvalue weighted by Gasteiger charge is 2.19. The number of rotatable bonds is 33. The largest absolute Gasteiger partial charge is 0.462 e. The van der Waals surface area contributed by atoms with Crippen LogP contribution < -0.4 is 0 Å². The van der Waals surface area contributed by atoms with Gasteiger partial charge >= 0.3 is 17.9 Å². The van der Waals surface area contributed by atoms with E-state index in [4.69, 9.17) is 14.2 Å². The summed E-state index contributed by atoms with van der Waals surface area (Å²) in [5, 5.41) is 0. The van der Waals surface area contributed by atoms with Gasteiger partial charge in [0.25, 0.3) is 0 Å². The average Bonchev–Trinajstić information content (AvgIpc) is 3.02. The molecule has 0 saturated heterocycles. The van der Waals surface area contributed by atoms with Gasteiger partial charge in [-0.2, -0.15) is 0 Å². The van der Waals surface area contributed by atoms with Gasteiger partial charge in [0.05, 0.1) is 0 Å². The van der Waals surface area contributed by atoms with Crippen LogP contribution in [0.2, 0.25) is 0 Å². The Morgan fingerprint density at radius 3 is 1.18 bits per heavy atom. The molecule has 0 aliphatic carbocycles. The second-order valence-corrected chi connectivity index (χ2v) is 13.1. The fourth-order valence-corrected chi connectivity index (χ4v) is 5.36. The van der Waals surface area contributed by atoms with E-state index in [1.807, 2.05) is 0 Å². The Morgan fingerprint density at radius 2 is 0.795 bits per heavy atom. The van der Waals surface area contributed by atoms with Crippen molar-refractivity contribution in [2.75, 3.05) is 13.2 Å². The van der Waals surface area contributed by atoms with Crippen LogP contribution in [-0.2, 0) is 28.6 Å². The van der Waals surface area contributed by atoms with Gasteiger partial charge in [-0.25, -0.2) is 0 Å². The van der Waals surface area contributed by atoms with Gasteiger partial charge in [0.2, 0.25) is 0 Å². The molecule has 0 heterocycles. The van der Waals surface area contributed by atoms with E-state index in [2.05, 4.69) is 27.7 Å². The van der Waals surface area contributed by atoms with Crippen LogP contribution in [0.4, 0.5) is 0 Å². The van der Waals surface area contributed by atoms with Crippen LogP contribution in [-0.4, -0.2) is 37.2 Å². The predicted molar refractivity (Wildman–Crippen MR) is 183 cm³/mol. The zero-order chi connectivity index (χ0) is 32.5. The molecule has 0 aromatic heterocycles. The molecule has 6 nitrogen and oxygen atoms in total. The summed E-state index contributed by atoms with van der Waals surface area (Å²) < 4.78 is 16.5. The van der Waals surface area contributed by atoms with E-state index in [0.29, 0.717) is 19.3 Å². The summed E-state index contributed by atoms with van der Waals surface area (Å²) in [5.41, 5.74) is 0. The molecule has 44 heavy (non-hydrogen) atoms. The first-order valence-electron chi connectivity index (χ1n) is 18.9. The monoisotopic (exact) mass is 625 g/mol. The van der Waals surface area contributed by atoms with E-state index in [9.17, 15) is 14.4 Å². The van der Waals surface area contributed by atoms with E-state index in [1.54, 1.807) is 0 Å². The summed E-state index contributed by atoms with van der Waals surface area (Å²) in [4.78, 5) is 37.2. The van der Waals surface area contributed by atoms with Crippen molar-refractivity contribution >= 4 is 17.9 Å². The Morgan fingerprint density at radius 1 is 0.455 bits per heavy atom. The number of carbonyl (C=O) groups is 3. The van der Waals surface area contributed by atoms with Crippen molar-refractivity contribution in [1.82, 2.24) is 0 Å². The number of unbranched alkanes of at least 4 members (excludes halogenated alkanes) is 19. The standard InChI is InChI=1S/C38H72O6/c1-5-8-10-12-16-21-25-29-36(39)42-32-35(44-38(41)31-27-23-17-13-11-9-6-2)33-43-37(40)30-26-22-19-15-14-18-20-24-28-34(4)7-3/h34-35H,5-33H2,1-4H3/t34?,35-/m0/s1. The average molecular weight is 625 g/mol. The molecule has 0 radical (unpaired) electrons. The lowest BCUT2D eigenvalue weighted by atomic mass is 9.99. The Balaban J connectivity index is 4.30. The maximum Gasteiger partial charge on any atom is 0.306 e. The second-order valence-electron chi connectivity index (χ2n) is 13.1. The van der Waals surface area contributed by atoms with Gasteiger partial charge < -0.3 is 14.2 Å². The molecular weight excluding hydrogens is 552 g/mol. The first kappa shape index (κ1) is 42.4. The topological polar surface area (TPSA) is 78.9 Å². The summed E-state index contributed by atoms with van der Waals surface area (Å²) in [7, 11) is 0. The third-order valence-corrected chi connectivity index (χ3v) is 8.65. The summed E-state index contributed by atoms with van der Waals surface area (Å²) in [5.74, 6) is -0.0320. The molecule has 6 heteroatoms. The summed E-state index contributed by atoms with van der Waals surface area (Å²) in [6.07, 6.45) is 28.2. The summed E-state index contributed by atoms with van der Waals surface area (Å²) in [6, 6.07) is 0. The van der Waals surface area contributed by atoms with Gasteiger partial charge in [0, 0.05) is 19.3 Å². The van der Waals surface area contributed by atoms with Crippen LogP contribution in [0.3, 0.4) is 0 Å². The summed E-state index contributed by atoms with van der Waals surface area (Å²) >= 11 is 0. The van der Waals surface area contributed by atoms with Gasteiger partial charge in [0.15, 0.2) is 6.10 Å². The molecule has 0 aliphatic heterocycles. The fourth-order valence-electron chi connectivity index (χ4n) is 5.36. The number of hydrogen-bond acceptors (Lipinski definition) is 6. The third-order valence-electron chi connectivity index (χ3n) is 8.65. The number of carbonyl (C=O) groups excluding carboxylic acids is 3. The maximum absolute atomic E-state index is 12.5. The normalized spacial score (nSPS) is 12.5. The van der Waals surface area contributed by atoms with Crippen molar-refractivity contribution in [3.63, 3.8) is 0 Å². The smallest absolute Gasteiger partial charge is 0.306 e. The molecule has 2 atom stereocenters. The fraction of sp³-hybridized carbons (Fsp3) is 0.921. The van der Waals surface area contributed by atoms with Crippen LogP contribution in [0.15, 0.2) is 0 Å². The lowest BCUT2D eigenvalue weighted by Crippen LogP contribution is -2.30. The highest BCUT2D eigenvalue weighted by atomic mass is 16.6. The van der Waals surface area contributed by atoms with E-state index in [-0.39, 0.29) is 31.1 Å². The molecular formula is C38H72O6. The molecule has 0 aliphatic rings. The van der Waals surface area contributed by atoms with Crippen molar-refractivity contribution in [3.8, 4) is 0 Å². The molecule has 0 spiro atoms. The van der Waals surface area contributed by atoms with Gasteiger partial charge in [-0.3, -0.25) is 14.4 Å². The lowest BCUT2D eigenvalue weighted by molar-refractivity contribution is -0.167. The minimum Gasteiger partial charge on any atom is -0.462 e. The van der Waals surface area contributed by atoms with Crippen LogP contribution in [0.25, 0.3) is 0 Å². The lowest BCUT2D eigenvalue weighted by Gasteiger charge is -2.18. The van der Waals surface area contributed by atoms with E-state index in [0.717, 1.165) is 63.7 Å². The number of hydrogen-bond donors (Lipinski definition) is 0. The van der Waals surface area contributed by atoms with Gasteiger partial charge in [-0.15, -0.1) is 0 Å². The van der Waals surface area contributed by atoms with Crippen molar-refractivity contribution in [2.45, 2.75) is 207 Å². The Hall–Kier alpha value is -1.59. The quantitative estimate of drug-likeness (QED) is 0.0410. The minimum atomic E-state index is -0.755. The molecule has 0 fully saturated rings. The first-order chi connectivity index (χ1) is 21.4. The highest BCUT2D eigenvalue weighted by molar-refractivity contribution is 5.71. The molecule has 0 amide bonds. The Kier molecular flexibility index (Phi) is 31.6. The Bertz CT molecular complexity index is 664. The maximum atomic E-state index is 12.5. The van der Waals surface area contributed by atoms with Gasteiger partial charge in [0.1, 0.15) is 13.2 Å². The third kappa shape index (κ3) is 30.4. The molecule has 0 N–H and O–H groups in total. The predicted octanol–water partition coefficient (Wildman–Crippen LogP) is 11.2. The molecule has 0 saturated carbocycles. The number of ether oxygens (including phenoxy) is 3. The second kappa shape index (κ2) is 32.8. The van der Waals surface area contributed by atoms with Crippen LogP contribution in [0, 0.1) is 5.92 Å². The van der Waals surface area contributed by atoms with E-state index < -0.39 is 6.10 Å². The molecule has 0 rings (SSSR count). The van der Waals surface area contributed by atoms with E-state index >= 15 is 0 Å². The van der Waals surface area contributed by atoms with E-state index in [1.165, 1.54) is 96.3 Å². The molecule has 260 valence electrons. The van der Waals surface area contributed by atoms with Gasteiger partial charge in [-0.05, 0) is 25.2 Å². The van der Waals surface area contributed by atoms with Crippen molar-refractivity contribution in [2.24, 2.45) is 5.92 Å².